The predicted molar refractivity (Wildman–Crippen MR) is 94.9 cm³/mol. The summed E-state index contributed by atoms with van der Waals surface area (Å²) in [4.78, 5) is 18.9. The topological polar surface area (TPSA) is 68.0 Å². The first-order valence-corrected chi connectivity index (χ1v) is 8.71. The van der Waals surface area contributed by atoms with Crippen LogP contribution in [0.15, 0.2) is 12.1 Å². The first-order valence-electron chi connectivity index (χ1n) is 8.71. The number of nitrogens with zero attached hydrogens (tertiary/aromatic N) is 2. The molecule has 1 fully saturated rings. The van der Waals surface area contributed by atoms with Crippen LogP contribution in [-0.2, 0) is 11.2 Å². The third kappa shape index (κ3) is 5.05. The molecule has 0 spiro atoms. The van der Waals surface area contributed by atoms with Gasteiger partial charge in [-0.3, -0.25) is 15.3 Å². The Labute approximate surface area is 144 Å². The number of carbonyl (C=O) groups is 1. The number of aryl methyl sites for hydroxylation is 2. The van der Waals surface area contributed by atoms with E-state index in [-0.39, 0.29) is 12.1 Å². The molecule has 1 aromatic rings. The quantitative estimate of drug-likeness (QED) is 0.863. The molecule has 1 aliphatic rings. The van der Waals surface area contributed by atoms with Gasteiger partial charge in [-0.15, -0.1) is 0 Å². The van der Waals surface area contributed by atoms with E-state index < -0.39 is 5.60 Å². The van der Waals surface area contributed by atoms with E-state index in [4.69, 9.17) is 10.1 Å². The van der Waals surface area contributed by atoms with Gasteiger partial charge in [0.15, 0.2) is 5.71 Å². The molecule has 24 heavy (non-hydrogen) atoms. The summed E-state index contributed by atoms with van der Waals surface area (Å²) in [5, 5.41) is 6.40. The molecule has 1 atom stereocenters. The highest BCUT2D eigenvalue weighted by molar-refractivity contribution is 5.89. The van der Waals surface area contributed by atoms with Crippen molar-refractivity contribution in [3.05, 3.63) is 29.1 Å². The highest BCUT2D eigenvalue weighted by atomic mass is 16.6. The smallest absolute Gasteiger partial charge is 0.411 e. The van der Waals surface area contributed by atoms with Crippen LogP contribution in [0.25, 0.3) is 0 Å². The second-order valence-corrected chi connectivity index (χ2v) is 7.71. The molecule has 0 aliphatic carbocycles. The number of piperidine rings is 1. The summed E-state index contributed by atoms with van der Waals surface area (Å²) in [7, 11) is 0. The molecule has 0 unspecified atom stereocenters. The van der Waals surface area contributed by atoms with Gasteiger partial charge in [-0.05, 0) is 71.6 Å². The average molecular weight is 332 g/mol. The van der Waals surface area contributed by atoms with Gasteiger partial charge in [0.05, 0.1) is 12.1 Å². The van der Waals surface area contributed by atoms with Crippen LogP contribution in [0.2, 0.25) is 0 Å². The summed E-state index contributed by atoms with van der Waals surface area (Å²) in [5.41, 5.74) is 3.42. The molecule has 0 bridgehead atoms. The van der Waals surface area contributed by atoms with Gasteiger partial charge in [0.1, 0.15) is 11.6 Å². The van der Waals surface area contributed by atoms with Crippen molar-refractivity contribution >= 4 is 11.8 Å². The molecule has 0 saturated carbocycles. The number of aromatic nitrogens is 1. The fourth-order valence-corrected chi connectivity index (χ4v) is 3.20. The molecule has 0 aromatic carbocycles. The van der Waals surface area contributed by atoms with Gasteiger partial charge in [0.2, 0.25) is 0 Å². The van der Waals surface area contributed by atoms with Gasteiger partial charge in [0.25, 0.3) is 0 Å². The molecule has 2 rings (SSSR count). The van der Waals surface area contributed by atoms with Crippen LogP contribution in [0.3, 0.4) is 0 Å². The lowest BCUT2D eigenvalue weighted by Crippen LogP contribution is -2.58. The van der Waals surface area contributed by atoms with Gasteiger partial charge >= 0.3 is 6.09 Å². The Morgan fingerprint density at radius 2 is 2.04 bits per heavy atom. The van der Waals surface area contributed by atoms with Gasteiger partial charge in [-0.1, -0.05) is 0 Å². The third-order valence-corrected chi connectivity index (χ3v) is 4.09. The standard InChI is InChI=1S/C19H29N3O2/c1-13-10-14(2)21-15(11-13)12-16(20)17-8-6-7-9-22(17)18(23)24-19(3,4)5/h10-11,17,20H,6-9,12H2,1-5H3/p+1/t17-/m0/s1. The fraction of sp³-hybridized carbons (Fsp3) is 0.632. The Hall–Kier alpha value is -1.91. The second-order valence-electron chi connectivity index (χ2n) is 7.71. The maximum Gasteiger partial charge on any atom is 0.411 e. The predicted octanol–water partition coefficient (Wildman–Crippen LogP) is 2.23. The molecular weight excluding hydrogens is 302 g/mol. The van der Waals surface area contributed by atoms with E-state index in [0.717, 1.165) is 36.4 Å². The molecule has 0 radical (unpaired) electrons. The van der Waals surface area contributed by atoms with E-state index in [2.05, 4.69) is 18.0 Å². The summed E-state index contributed by atoms with van der Waals surface area (Å²) < 4.78 is 5.55. The zero-order chi connectivity index (χ0) is 17.9. The van der Waals surface area contributed by atoms with Crippen LogP contribution in [0.1, 0.15) is 57.0 Å². The maximum absolute atomic E-state index is 12.5. The maximum atomic E-state index is 12.5. The van der Waals surface area contributed by atoms with Crippen LogP contribution in [-0.4, -0.2) is 39.9 Å². The molecule has 2 N–H and O–H groups in total. The van der Waals surface area contributed by atoms with Crippen molar-refractivity contribution in [3.63, 3.8) is 0 Å². The zero-order valence-electron chi connectivity index (χ0n) is 15.6. The number of carbonyl (C=O) groups excluding carboxylic acids is 1. The number of likely N-dealkylation sites (tertiary alicyclic amines) is 1. The molecular formula is C19H30N3O2+. The Bertz CT molecular complexity index is 599. The van der Waals surface area contributed by atoms with Gasteiger partial charge in [0, 0.05) is 12.2 Å². The van der Waals surface area contributed by atoms with E-state index in [1.807, 2.05) is 33.8 Å². The second kappa shape index (κ2) is 7.32. The van der Waals surface area contributed by atoms with Crippen molar-refractivity contribution in [1.82, 2.24) is 9.88 Å². The first-order chi connectivity index (χ1) is 11.2. The summed E-state index contributed by atoms with van der Waals surface area (Å²) in [6.07, 6.45) is 3.27. The Morgan fingerprint density at radius 1 is 1.33 bits per heavy atom. The number of hydrogen-bond donors (Lipinski definition) is 1. The van der Waals surface area contributed by atoms with E-state index >= 15 is 0 Å². The fourth-order valence-electron chi connectivity index (χ4n) is 3.20. The Balaban J connectivity index is 2.11. The highest BCUT2D eigenvalue weighted by Crippen LogP contribution is 2.21. The number of ether oxygens (including phenoxy) is 1. The zero-order valence-corrected chi connectivity index (χ0v) is 15.6. The molecule has 2 heterocycles. The number of hydrogen-bond acceptors (Lipinski definition) is 3. The molecule has 1 aromatic heterocycles. The van der Waals surface area contributed by atoms with Crippen LogP contribution >= 0.6 is 0 Å². The summed E-state index contributed by atoms with van der Waals surface area (Å²) >= 11 is 0. The molecule has 132 valence electrons. The third-order valence-electron chi connectivity index (χ3n) is 4.09. The van der Waals surface area contributed by atoms with E-state index in [0.29, 0.717) is 13.0 Å². The first kappa shape index (κ1) is 18.4. The van der Waals surface area contributed by atoms with Crippen molar-refractivity contribution in [1.29, 1.82) is 0 Å². The van der Waals surface area contributed by atoms with Crippen LogP contribution in [0.4, 0.5) is 4.79 Å². The van der Waals surface area contributed by atoms with Crippen molar-refractivity contribution in [3.8, 4) is 0 Å². The SMILES string of the molecule is Cc1cc(C)nc(CC(=[NH2+])[C@@H]2CCCCN2C(=O)OC(C)(C)C)c1. The van der Waals surface area contributed by atoms with E-state index in [9.17, 15) is 4.79 Å². The number of rotatable bonds is 3. The molecule has 1 saturated heterocycles. The van der Waals surface area contributed by atoms with Crippen LogP contribution in [0.5, 0.6) is 0 Å². The highest BCUT2D eigenvalue weighted by Gasteiger charge is 2.35. The molecule has 5 heteroatoms. The van der Waals surface area contributed by atoms with E-state index in [1.165, 1.54) is 5.56 Å². The van der Waals surface area contributed by atoms with Crippen LogP contribution in [0, 0.1) is 13.8 Å². The summed E-state index contributed by atoms with van der Waals surface area (Å²) in [6.45, 7) is 10.4. The normalized spacial score (nSPS) is 18.4. The van der Waals surface area contributed by atoms with Gasteiger partial charge in [-0.25, -0.2) is 4.79 Å². The number of nitrogens with two attached hydrogens (primary N) is 1. The number of amides is 1. The lowest BCUT2D eigenvalue weighted by atomic mass is 9.95. The minimum absolute atomic E-state index is 0.0729. The minimum Gasteiger partial charge on any atom is -0.444 e. The minimum atomic E-state index is -0.497. The Morgan fingerprint density at radius 3 is 2.67 bits per heavy atom. The van der Waals surface area contributed by atoms with Crippen molar-refractivity contribution in [2.24, 2.45) is 0 Å². The summed E-state index contributed by atoms with van der Waals surface area (Å²) in [5.74, 6) is 0. The molecule has 1 aliphatic heterocycles. The van der Waals surface area contributed by atoms with E-state index in [1.54, 1.807) is 4.90 Å². The van der Waals surface area contributed by atoms with Crippen molar-refractivity contribution in [2.45, 2.75) is 71.9 Å². The number of pyridine rings is 1. The summed E-state index contributed by atoms with van der Waals surface area (Å²) in [6, 6.07) is 4.03. The largest absolute Gasteiger partial charge is 0.444 e. The lowest BCUT2D eigenvalue weighted by Gasteiger charge is -2.35. The lowest BCUT2D eigenvalue weighted by molar-refractivity contribution is -0.124. The molecule has 5 nitrogen and oxygen atoms in total. The monoisotopic (exact) mass is 332 g/mol. The van der Waals surface area contributed by atoms with Crippen LogP contribution < -0.4 is 5.41 Å². The van der Waals surface area contributed by atoms with Crippen molar-refractivity contribution < 1.29 is 14.9 Å². The average Bonchev–Trinajstić information content (AvgIpc) is 2.44. The van der Waals surface area contributed by atoms with Crippen molar-refractivity contribution in [2.75, 3.05) is 6.54 Å². The molecule has 1 amide bonds. The van der Waals surface area contributed by atoms with Gasteiger partial charge in [-0.2, -0.15) is 0 Å². The van der Waals surface area contributed by atoms with Gasteiger partial charge < -0.3 is 4.74 Å². The Kier molecular flexibility index (Phi) is 5.62.